The van der Waals surface area contributed by atoms with Gasteiger partial charge in [0, 0.05) is 23.5 Å². The van der Waals surface area contributed by atoms with Gasteiger partial charge in [-0.1, -0.05) is 48.0 Å². The smallest absolute Gasteiger partial charge is 0.0444 e. The summed E-state index contributed by atoms with van der Waals surface area (Å²) >= 11 is 6.42. The summed E-state index contributed by atoms with van der Waals surface area (Å²) in [6.45, 7) is 6.35. The number of halogens is 1. The van der Waals surface area contributed by atoms with Crippen molar-refractivity contribution in [3.05, 3.63) is 69.7 Å². The quantitative estimate of drug-likeness (QED) is 0.897. The number of rotatable bonds is 3. The maximum atomic E-state index is 6.42. The van der Waals surface area contributed by atoms with Crippen molar-refractivity contribution in [3.8, 4) is 0 Å². The van der Waals surface area contributed by atoms with Crippen LogP contribution in [0.3, 0.4) is 0 Å². The monoisotopic (exact) mass is 285 g/mol. The van der Waals surface area contributed by atoms with E-state index >= 15 is 0 Å². The van der Waals surface area contributed by atoms with E-state index in [1.165, 1.54) is 22.3 Å². The second-order valence-corrected chi connectivity index (χ2v) is 6.37. The first-order chi connectivity index (χ1) is 9.61. The first kappa shape index (κ1) is 13.7. The highest BCUT2D eigenvalue weighted by atomic mass is 35.5. The molecule has 104 valence electrons. The number of benzene rings is 2. The first-order valence-corrected chi connectivity index (χ1v) is 7.50. The van der Waals surface area contributed by atoms with Gasteiger partial charge in [0.05, 0.1) is 0 Å². The Labute approximate surface area is 126 Å². The third-order valence-corrected chi connectivity index (χ3v) is 4.82. The van der Waals surface area contributed by atoms with Crippen LogP contribution in [0.15, 0.2) is 42.5 Å². The van der Waals surface area contributed by atoms with E-state index in [0.717, 1.165) is 24.5 Å². The van der Waals surface area contributed by atoms with Crippen molar-refractivity contribution in [1.82, 2.24) is 5.32 Å². The van der Waals surface area contributed by atoms with Crippen molar-refractivity contribution in [3.63, 3.8) is 0 Å². The SMILES string of the molecule is Cc1ccc(CC2(c3ccccc3Cl)CNC2)cc1C. The average molecular weight is 286 g/mol. The molecule has 0 aliphatic carbocycles. The summed E-state index contributed by atoms with van der Waals surface area (Å²) < 4.78 is 0. The molecule has 1 nitrogen and oxygen atoms in total. The highest BCUT2D eigenvalue weighted by Gasteiger charge is 2.39. The summed E-state index contributed by atoms with van der Waals surface area (Å²) in [6.07, 6.45) is 1.05. The zero-order chi connectivity index (χ0) is 14.2. The minimum absolute atomic E-state index is 0.153. The van der Waals surface area contributed by atoms with E-state index in [2.05, 4.69) is 49.5 Å². The highest BCUT2D eigenvalue weighted by molar-refractivity contribution is 6.31. The van der Waals surface area contributed by atoms with E-state index in [1.54, 1.807) is 0 Å². The van der Waals surface area contributed by atoms with Crippen LogP contribution in [0.25, 0.3) is 0 Å². The van der Waals surface area contributed by atoms with Gasteiger partial charge in [0.1, 0.15) is 0 Å². The predicted octanol–water partition coefficient (Wildman–Crippen LogP) is 4.04. The Morgan fingerprint density at radius 2 is 1.80 bits per heavy atom. The molecule has 0 amide bonds. The molecule has 2 heteroatoms. The third-order valence-electron chi connectivity index (χ3n) is 4.49. The van der Waals surface area contributed by atoms with Crippen LogP contribution in [0.4, 0.5) is 0 Å². The lowest BCUT2D eigenvalue weighted by molar-refractivity contribution is 0.275. The number of aryl methyl sites for hydroxylation is 2. The molecule has 1 aliphatic heterocycles. The van der Waals surface area contributed by atoms with E-state index in [0.29, 0.717) is 0 Å². The largest absolute Gasteiger partial charge is 0.315 e. The predicted molar refractivity (Wildman–Crippen MR) is 85.6 cm³/mol. The molecule has 3 rings (SSSR count). The fourth-order valence-electron chi connectivity index (χ4n) is 3.03. The Morgan fingerprint density at radius 3 is 2.40 bits per heavy atom. The van der Waals surface area contributed by atoms with Gasteiger partial charge in [-0.25, -0.2) is 0 Å². The summed E-state index contributed by atoms with van der Waals surface area (Å²) in [5.74, 6) is 0. The maximum absolute atomic E-state index is 6.42. The lowest BCUT2D eigenvalue weighted by Crippen LogP contribution is -2.58. The minimum Gasteiger partial charge on any atom is -0.315 e. The third kappa shape index (κ3) is 2.36. The Balaban J connectivity index is 1.94. The molecule has 1 fully saturated rings. The van der Waals surface area contributed by atoms with Gasteiger partial charge in [0.2, 0.25) is 0 Å². The van der Waals surface area contributed by atoms with Crippen LogP contribution in [-0.2, 0) is 11.8 Å². The molecule has 0 aromatic heterocycles. The van der Waals surface area contributed by atoms with Gasteiger partial charge in [0.15, 0.2) is 0 Å². The van der Waals surface area contributed by atoms with Crippen molar-refractivity contribution in [2.24, 2.45) is 0 Å². The van der Waals surface area contributed by atoms with E-state index in [9.17, 15) is 0 Å². The van der Waals surface area contributed by atoms with E-state index in [4.69, 9.17) is 11.6 Å². The van der Waals surface area contributed by atoms with Gasteiger partial charge in [-0.2, -0.15) is 0 Å². The molecule has 20 heavy (non-hydrogen) atoms. The van der Waals surface area contributed by atoms with E-state index < -0.39 is 0 Å². The zero-order valence-corrected chi connectivity index (χ0v) is 12.8. The molecular weight excluding hydrogens is 266 g/mol. The molecule has 0 bridgehead atoms. The Kier molecular flexibility index (Phi) is 3.57. The van der Waals surface area contributed by atoms with Crippen LogP contribution in [0.2, 0.25) is 5.02 Å². The summed E-state index contributed by atoms with van der Waals surface area (Å²) in [4.78, 5) is 0. The molecule has 2 aromatic rings. The van der Waals surface area contributed by atoms with Gasteiger partial charge >= 0.3 is 0 Å². The molecule has 0 radical (unpaired) electrons. The highest BCUT2D eigenvalue weighted by Crippen LogP contribution is 2.36. The summed E-state index contributed by atoms with van der Waals surface area (Å²) in [7, 11) is 0. The normalized spacial score (nSPS) is 16.8. The molecule has 0 atom stereocenters. The number of hydrogen-bond acceptors (Lipinski definition) is 1. The molecule has 0 unspecified atom stereocenters. The molecular formula is C18H20ClN. The molecule has 2 aromatic carbocycles. The van der Waals surface area contributed by atoms with E-state index in [-0.39, 0.29) is 5.41 Å². The van der Waals surface area contributed by atoms with Crippen LogP contribution < -0.4 is 5.32 Å². The number of hydrogen-bond donors (Lipinski definition) is 1. The van der Waals surface area contributed by atoms with Crippen LogP contribution in [0, 0.1) is 13.8 Å². The van der Waals surface area contributed by atoms with Crippen molar-refractivity contribution in [2.75, 3.05) is 13.1 Å². The Morgan fingerprint density at radius 1 is 1.05 bits per heavy atom. The summed E-state index contributed by atoms with van der Waals surface area (Å²) in [5, 5.41) is 4.30. The van der Waals surface area contributed by atoms with Gasteiger partial charge in [-0.15, -0.1) is 0 Å². The summed E-state index contributed by atoms with van der Waals surface area (Å²) in [6, 6.07) is 15.0. The summed E-state index contributed by atoms with van der Waals surface area (Å²) in [5.41, 5.74) is 5.55. The van der Waals surface area contributed by atoms with Crippen LogP contribution >= 0.6 is 11.6 Å². The molecule has 1 N–H and O–H groups in total. The van der Waals surface area contributed by atoms with Crippen molar-refractivity contribution in [2.45, 2.75) is 25.7 Å². The van der Waals surface area contributed by atoms with Crippen molar-refractivity contribution >= 4 is 11.6 Å². The molecule has 1 aliphatic rings. The van der Waals surface area contributed by atoms with Crippen molar-refractivity contribution in [1.29, 1.82) is 0 Å². The lowest BCUT2D eigenvalue weighted by Gasteiger charge is -2.44. The molecule has 1 heterocycles. The first-order valence-electron chi connectivity index (χ1n) is 7.13. The zero-order valence-electron chi connectivity index (χ0n) is 12.0. The van der Waals surface area contributed by atoms with Gasteiger partial charge in [0.25, 0.3) is 0 Å². The Hall–Kier alpha value is -1.31. The standard InChI is InChI=1S/C18H20ClN/c1-13-7-8-15(9-14(13)2)10-18(11-20-12-18)16-5-3-4-6-17(16)19/h3-9,20H,10-12H2,1-2H3. The van der Waals surface area contributed by atoms with Gasteiger partial charge < -0.3 is 5.32 Å². The van der Waals surface area contributed by atoms with Gasteiger partial charge in [-0.3, -0.25) is 0 Å². The lowest BCUT2D eigenvalue weighted by atomic mass is 9.71. The van der Waals surface area contributed by atoms with Crippen LogP contribution in [0.1, 0.15) is 22.3 Å². The maximum Gasteiger partial charge on any atom is 0.0444 e. The Bertz CT molecular complexity index is 629. The molecule has 0 spiro atoms. The van der Waals surface area contributed by atoms with Crippen LogP contribution in [-0.4, -0.2) is 13.1 Å². The van der Waals surface area contributed by atoms with Crippen molar-refractivity contribution < 1.29 is 0 Å². The number of nitrogens with one attached hydrogen (secondary N) is 1. The van der Waals surface area contributed by atoms with Gasteiger partial charge in [-0.05, 0) is 48.6 Å². The van der Waals surface area contributed by atoms with E-state index in [1.807, 2.05) is 12.1 Å². The topological polar surface area (TPSA) is 12.0 Å². The second-order valence-electron chi connectivity index (χ2n) is 5.96. The fraction of sp³-hybridized carbons (Fsp3) is 0.333. The second kappa shape index (κ2) is 5.23. The fourth-order valence-corrected chi connectivity index (χ4v) is 3.37. The average Bonchev–Trinajstić information content (AvgIpc) is 2.39. The molecule has 1 saturated heterocycles. The molecule has 0 saturated carbocycles. The van der Waals surface area contributed by atoms with Crippen LogP contribution in [0.5, 0.6) is 0 Å². The minimum atomic E-state index is 0.153.